The van der Waals surface area contributed by atoms with Gasteiger partial charge in [0.1, 0.15) is 18.9 Å². The molecule has 39 heavy (non-hydrogen) atoms. The Morgan fingerprint density at radius 1 is 1.08 bits per heavy atom. The summed E-state index contributed by atoms with van der Waals surface area (Å²) < 4.78 is 13.5. The quantitative estimate of drug-likeness (QED) is 0.180. The predicted molar refractivity (Wildman–Crippen MR) is 155 cm³/mol. The van der Waals surface area contributed by atoms with Crippen molar-refractivity contribution in [3.8, 4) is 11.3 Å². The van der Waals surface area contributed by atoms with Crippen LogP contribution in [0.4, 0.5) is 4.79 Å². The molecule has 4 heterocycles. The Kier molecular flexibility index (Phi) is 8.37. The SMILES string of the molecule is C[Si](C)(C)CCOCn1ccc2nc(-c3cccnc3C[C@@H]3CCN(C(=O)OCc4ccccc4)C3)cnc21. The number of ether oxygens (including phenoxy) is 2. The molecule has 0 spiro atoms. The topological polar surface area (TPSA) is 82.4 Å². The lowest BCUT2D eigenvalue weighted by molar-refractivity contribution is 0.0899. The van der Waals surface area contributed by atoms with E-state index in [0.717, 1.165) is 59.2 Å². The van der Waals surface area contributed by atoms with E-state index in [0.29, 0.717) is 32.3 Å². The van der Waals surface area contributed by atoms with E-state index in [2.05, 4.69) is 25.7 Å². The second-order valence-corrected chi connectivity index (χ2v) is 17.1. The lowest BCUT2D eigenvalue weighted by atomic mass is 9.98. The van der Waals surface area contributed by atoms with Crippen molar-refractivity contribution in [1.82, 2.24) is 24.4 Å². The number of rotatable bonds is 10. The van der Waals surface area contributed by atoms with E-state index in [1.165, 1.54) is 0 Å². The molecule has 0 radical (unpaired) electrons. The van der Waals surface area contributed by atoms with Crippen molar-refractivity contribution in [2.24, 2.45) is 5.92 Å². The highest BCUT2D eigenvalue weighted by Gasteiger charge is 2.28. The van der Waals surface area contributed by atoms with E-state index in [4.69, 9.17) is 24.4 Å². The van der Waals surface area contributed by atoms with Crippen LogP contribution in [0, 0.1) is 5.92 Å². The fourth-order valence-corrected chi connectivity index (χ4v) is 5.58. The standard InChI is InChI=1S/C30H37N5O3Si/c1-39(2,3)17-16-37-22-35-15-12-26-29(35)32-19-28(33-26)25-10-7-13-31-27(25)18-24-11-14-34(20-24)30(36)38-21-23-8-5-4-6-9-23/h4-10,12-13,15,19,24H,11,14,16-18,20-22H2,1-3H3/t24-/m0/s1. The van der Waals surface area contributed by atoms with E-state index in [1.807, 2.05) is 65.6 Å². The average Bonchev–Trinajstić information content (AvgIpc) is 3.57. The van der Waals surface area contributed by atoms with Crippen molar-refractivity contribution in [3.05, 3.63) is 78.4 Å². The molecule has 8 nitrogen and oxygen atoms in total. The summed E-state index contributed by atoms with van der Waals surface area (Å²) >= 11 is 0. The lowest BCUT2D eigenvalue weighted by Crippen LogP contribution is -2.29. The van der Waals surface area contributed by atoms with Crippen LogP contribution < -0.4 is 0 Å². The summed E-state index contributed by atoms with van der Waals surface area (Å²) in [5.74, 6) is 0.314. The zero-order chi connectivity index (χ0) is 27.2. The number of pyridine rings is 1. The Morgan fingerprint density at radius 2 is 1.92 bits per heavy atom. The molecule has 0 aliphatic carbocycles. The molecule has 5 rings (SSSR count). The number of carbonyl (C=O) groups is 1. The van der Waals surface area contributed by atoms with Crippen LogP contribution in [0.5, 0.6) is 0 Å². The minimum Gasteiger partial charge on any atom is -0.445 e. The van der Waals surface area contributed by atoms with Gasteiger partial charge in [-0.3, -0.25) is 4.98 Å². The maximum absolute atomic E-state index is 12.6. The number of benzene rings is 1. The molecule has 1 atom stereocenters. The summed E-state index contributed by atoms with van der Waals surface area (Å²) in [5.41, 5.74) is 5.41. The minimum absolute atomic E-state index is 0.257. The molecule has 0 bridgehead atoms. The van der Waals surface area contributed by atoms with Crippen molar-refractivity contribution >= 4 is 25.3 Å². The first kappa shape index (κ1) is 27.0. The van der Waals surface area contributed by atoms with Crippen molar-refractivity contribution in [3.63, 3.8) is 0 Å². The molecule has 9 heteroatoms. The minimum atomic E-state index is -1.12. The Morgan fingerprint density at radius 3 is 2.74 bits per heavy atom. The van der Waals surface area contributed by atoms with Gasteiger partial charge in [-0.05, 0) is 48.6 Å². The predicted octanol–water partition coefficient (Wildman–Crippen LogP) is 6.01. The van der Waals surface area contributed by atoms with Gasteiger partial charge in [-0.2, -0.15) is 0 Å². The molecule has 1 aromatic carbocycles. The van der Waals surface area contributed by atoms with Crippen LogP contribution >= 0.6 is 0 Å². The molecule has 1 amide bonds. The van der Waals surface area contributed by atoms with Crippen molar-refractivity contribution in [1.29, 1.82) is 0 Å². The number of aromatic nitrogens is 4. The Bertz CT molecular complexity index is 1400. The molecule has 1 aliphatic heterocycles. The number of amides is 1. The number of hydrogen-bond donors (Lipinski definition) is 0. The second-order valence-electron chi connectivity index (χ2n) is 11.4. The molecular formula is C30H37N5O3Si. The zero-order valence-corrected chi connectivity index (χ0v) is 24.0. The Balaban J connectivity index is 1.21. The van der Waals surface area contributed by atoms with Gasteiger partial charge in [0, 0.05) is 45.7 Å². The van der Waals surface area contributed by atoms with Gasteiger partial charge in [0.25, 0.3) is 0 Å². The highest BCUT2D eigenvalue weighted by molar-refractivity contribution is 6.76. The molecule has 0 saturated carbocycles. The summed E-state index contributed by atoms with van der Waals surface area (Å²) in [7, 11) is -1.12. The van der Waals surface area contributed by atoms with E-state index in [-0.39, 0.29) is 6.09 Å². The van der Waals surface area contributed by atoms with Gasteiger partial charge in [-0.25, -0.2) is 14.8 Å². The van der Waals surface area contributed by atoms with Crippen LogP contribution in [0.25, 0.3) is 22.4 Å². The van der Waals surface area contributed by atoms with Crippen LogP contribution in [0.15, 0.2) is 67.1 Å². The second kappa shape index (κ2) is 12.1. The van der Waals surface area contributed by atoms with Gasteiger partial charge in [0.2, 0.25) is 0 Å². The fourth-order valence-electron chi connectivity index (χ4n) is 4.82. The Hall–Kier alpha value is -3.56. The molecule has 1 fully saturated rings. The first-order valence-corrected chi connectivity index (χ1v) is 17.4. The summed E-state index contributed by atoms with van der Waals surface area (Å²) in [6, 6.07) is 16.9. The summed E-state index contributed by atoms with van der Waals surface area (Å²) in [5, 5.41) is 0. The number of carbonyl (C=O) groups excluding carboxylic acids is 1. The van der Waals surface area contributed by atoms with E-state index >= 15 is 0 Å². The van der Waals surface area contributed by atoms with Crippen LogP contribution in [0.1, 0.15) is 17.7 Å². The maximum atomic E-state index is 12.6. The third-order valence-corrected chi connectivity index (χ3v) is 8.79. The van der Waals surface area contributed by atoms with E-state index < -0.39 is 8.07 Å². The monoisotopic (exact) mass is 543 g/mol. The highest BCUT2D eigenvalue weighted by Crippen LogP contribution is 2.27. The van der Waals surface area contributed by atoms with Gasteiger partial charge >= 0.3 is 6.09 Å². The Labute approximate surface area is 231 Å². The first-order valence-electron chi connectivity index (χ1n) is 13.7. The number of fused-ring (bicyclic) bond motifs is 1. The van der Waals surface area contributed by atoms with Gasteiger partial charge in [-0.15, -0.1) is 0 Å². The molecular weight excluding hydrogens is 506 g/mol. The van der Waals surface area contributed by atoms with E-state index in [9.17, 15) is 4.79 Å². The average molecular weight is 544 g/mol. The highest BCUT2D eigenvalue weighted by atomic mass is 28.3. The third-order valence-electron chi connectivity index (χ3n) is 7.09. The van der Waals surface area contributed by atoms with Gasteiger partial charge in [0.05, 0.1) is 17.6 Å². The molecule has 3 aromatic heterocycles. The van der Waals surface area contributed by atoms with Gasteiger partial charge in [0.15, 0.2) is 5.65 Å². The normalized spacial score (nSPS) is 15.7. The summed E-state index contributed by atoms with van der Waals surface area (Å²) in [6.07, 6.45) is 7.06. The summed E-state index contributed by atoms with van der Waals surface area (Å²) in [4.78, 5) is 28.8. The molecule has 4 aromatic rings. The van der Waals surface area contributed by atoms with Crippen molar-refractivity contribution < 1.29 is 14.3 Å². The van der Waals surface area contributed by atoms with Gasteiger partial charge in [-0.1, -0.05) is 50.0 Å². The zero-order valence-electron chi connectivity index (χ0n) is 23.0. The van der Waals surface area contributed by atoms with Crippen LogP contribution in [-0.4, -0.2) is 58.3 Å². The first-order chi connectivity index (χ1) is 18.9. The molecule has 1 aliphatic rings. The molecule has 0 unspecified atom stereocenters. The number of hydrogen-bond acceptors (Lipinski definition) is 6. The summed E-state index contributed by atoms with van der Waals surface area (Å²) in [6.45, 7) is 9.95. The third kappa shape index (κ3) is 7.10. The van der Waals surface area contributed by atoms with Crippen molar-refractivity contribution in [2.45, 2.75) is 51.9 Å². The molecule has 0 N–H and O–H groups in total. The molecule has 1 saturated heterocycles. The maximum Gasteiger partial charge on any atom is 0.410 e. The molecule has 204 valence electrons. The number of nitrogens with zero attached hydrogens (tertiary/aromatic N) is 5. The largest absolute Gasteiger partial charge is 0.445 e. The smallest absolute Gasteiger partial charge is 0.410 e. The van der Waals surface area contributed by atoms with Crippen LogP contribution in [0.2, 0.25) is 25.7 Å². The van der Waals surface area contributed by atoms with Gasteiger partial charge < -0.3 is 18.9 Å². The van der Waals surface area contributed by atoms with Crippen LogP contribution in [0.3, 0.4) is 0 Å². The van der Waals surface area contributed by atoms with E-state index in [1.54, 1.807) is 4.90 Å². The van der Waals surface area contributed by atoms with Crippen LogP contribution in [-0.2, 0) is 29.2 Å². The number of likely N-dealkylation sites (tertiary alicyclic amines) is 1. The fraction of sp³-hybridized carbons (Fsp3) is 0.400. The van der Waals surface area contributed by atoms with Crippen molar-refractivity contribution in [2.75, 3.05) is 19.7 Å². The lowest BCUT2D eigenvalue weighted by Gasteiger charge is -2.17.